The Bertz CT molecular complexity index is 491. The maximum Gasteiger partial charge on any atom is 0.504 e. The van der Waals surface area contributed by atoms with Crippen LogP contribution in [0.3, 0.4) is 0 Å². The zero-order chi connectivity index (χ0) is 14.8. The standard InChI is InChI=1S/C9H8ClF3O5S/c1-17-8(14)5-2-3-7(6(10)4-5)18-19(15,16)9(11,12)13/h2-4,15-16H,1H3. The van der Waals surface area contributed by atoms with E-state index >= 15 is 0 Å². The molecule has 0 atom stereocenters. The number of rotatable bonds is 3. The second-order valence-electron chi connectivity index (χ2n) is 3.16. The average molecular weight is 321 g/mol. The summed E-state index contributed by atoms with van der Waals surface area (Å²) >= 11 is 5.58. The van der Waals surface area contributed by atoms with Crippen molar-refractivity contribution in [2.24, 2.45) is 0 Å². The quantitative estimate of drug-likeness (QED) is 0.831. The maximum absolute atomic E-state index is 12.2. The number of benzene rings is 1. The van der Waals surface area contributed by atoms with Crippen molar-refractivity contribution in [1.29, 1.82) is 0 Å². The first-order valence-corrected chi connectivity index (χ1v) is 6.35. The molecule has 0 amide bonds. The minimum absolute atomic E-state index is 0.0247. The van der Waals surface area contributed by atoms with E-state index in [1.807, 2.05) is 0 Å². The summed E-state index contributed by atoms with van der Waals surface area (Å²) in [5.74, 6) is -1.37. The van der Waals surface area contributed by atoms with Gasteiger partial charge < -0.3 is 8.92 Å². The summed E-state index contributed by atoms with van der Waals surface area (Å²) in [5.41, 5.74) is -5.37. The van der Waals surface area contributed by atoms with Crippen LogP contribution in [0.2, 0.25) is 5.02 Å². The first kappa shape index (κ1) is 15.9. The third kappa shape index (κ3) is 3.66. The van der Waals surface area contributed by atoms with E-state index in [0.717, 1.165) is 25.3 Å². The molecule has 0 radical (unpaired) electrons. The van der Waals surface area contributed by atoms with Gasteiger partial charge in [-0.3, -0.25) is 9.11 Å². The first-order valence-electron chi connectivity index (χ1n) is 4.50. The average Bonchev–Trinajstić information content (AvgIpc) is 2.29. The van der Waals surface area contributed by atoms with Crippen LogP contribution in [0.15, 0.2) is 18.2 Å². The van der Waals surface area contributed by atoms with Crippen LogP contribution in [-0.2, 0) is 4.74 Å². The molecule has 5 nitrogen and oxygen atoms in total. The van der Waals surface area contributed by atoms with Crippen LogP contribution in [0, 0.1) is 0 Å². The zero-order valence-electron chi connectivity index (χ0n) is 9.27. The van der Waals surface area contributed by atoms with Crippen LogP contribution in [0.4, 0.5) is 13.2 Å². The number of hydrogen-bond donors (Lipinski definition) is 2. The molecule has 1 rings (SSSR count). The molecular formula is C9H8ClF3O5S. The summed E-state index contributed by atoms with van der Waals surface area (Å²) in [7, 11) is -4.20. The van der Waals surface area contributed by atoms with Gasteiger partial charge in [0.2, 0.25) is 10.9 Å². The molecule has 0 aliphatic heterocycles. The number of halogens is 4. The molecule has 0 heterocycles. The Labute approximate surface area is 112 Å². The summed E-state index contributed by atoms with van der Waals surface area (Å²) in [6.07, 6.45) is 0. The van der Waals surface area contributed by atoms with E-state index in [1.165, 1.54) is 0 Å². The van der Waals surface area contributed by atoms with E-state index in [9.17, 15) is 18.0 Å². The molecule has 0 saturated heterocycles. The van der Waals surface area contributed by atoms with Gasteiger partial charge in [0.25, 0.3) is 0 Å². The lowest BCUT2D eigenvalue weighted by atomic mass is 10.2. The Balaban J connectivity index is 3.02. The molecule has 1 aromatic rings. The van der Waals surface area contributed by atoms with Crippen molar-refractivity contribution in [3.8, 4) is 5.75 Å². The zero-order valence-corrected chi connectivity index (χ0v) is 10.8. The van der Waals surface area contributed by atoms with E-state index in [4.69, 9.17) is 20.7 Å². The van der Waals surface area contributed by atoms with Crippen molar-refractivity contribution in [3.63, 3.8) is 0 Å². The van der Waals surface area contributed by atoms with Crippen LogP contribution < -0.4 is 4.18 Å². The fraction of sp³-hybridized carbons (Fsp3) is 0.222. The Hall–Kier alpha value is -1.16. The van der Waals surface area contributed by atoms with Gasteiger partial charge in [-0.05, 0) is 18.2 Å². The first-order chi connectivity index (χ1) is 8.58. The normalized spacial score (nSPS) is 13.0. The van der Waals surface area contributed by atoms with Gasteiger partial charge in [0, 0.05) is 0 Å². The number of carbonyl (C=O) groups excluding carboxylic acids is 1. The number of methoxy groups -OCH3 is 1. The van der Waals surface area contributed by atoms with Crippen molar-refractivity contribution in [1.82, 2.24) is 0 Å². The molecule has 0 spiro atoms. The van der Waals surface area contributed by atoms with Gasteiger partial charge in [-0.1, -0.05) is 11.6 Å². The van der Waals surface area contributed by atoms with Gasteiger partial charge in [-0.15, -0.1) is 0 Å². The second-order valence-corrected chi connectivity index (χ2v) is 5.19. The van der Waals surface area contributed by atoms with Gasteiger partial charge in [0.15, 0.2) is 5.75 Å². The summed E-state index contributed by atoms with van der Waals surface area (Å²) < 4.78 is 62.6. The maximum atomic E-state index is 12.2. The molecule has 0 aromatic heterocycles. The molecule has 0 aliphatic carbocycles. The summed E-state index contributed by atoms with van der Waals surface area (Å²) in [6.45, 7) is 0. The minimum atomic E-state index is -5.35. The fourth-order valence-electron chi connectivity index (χ4n) is 0.986. The number of esters is 1. The monoisotopic (exact) mass is 320 g/mol. The molecule has 1 aromatic carbocycles. The predicted molar refractivity (Wildman–Crippen MR) is 62.3 cm³/mol. The largest absolute Gasteiger partial charge is 0.504 e. The van der Waals surface area contributed by atoms with Crippen LogP contribution in [0.25, 0.3) is 0 Å². The van der Waals surface area contributed by atoms with E-state index in [-0.39, 0.29) is 5.56 Å². The topological polar surface area (TPSA) is 76.0 Å². The van der Waals surface area contributed by atoms with Crippen molar-refractivity contribution in [2.75, 3.05) is 7.11 Å². The van der Waals surface area contributed by atoms with Crippen LogP contribution in [-0.4, -0.2) is 27.7 Å². The molecule has 0 aliphatic rings. The Morgan fingerprint density at radius 2 is 1.95 bits per heavy atom. The predicted octanol–water partition coefficient (Wildman–Crippen LogP) is 3.69. The van der Waals surface area contributed by atoms with E-state index in [0.29, 0.717) is 0 Å². The fourth-order valence-corrected chi connectivity index (χ4v) is 1.74. The number of ether oxygens (including phenoxy) is 1. The highest BCUT2D eigenvalue weighted by molar-refractivity contribution is 8.21. The molecule has 108 valence electrons. The minimum Gasteiger partial charge on any atom is -0.465 e. The van der Waals surface area contributed by atoms with Gasteiger partial charge in [0.1, 0.15) is 0 Å². The lowest BCUT2D eigenvalue weighted by Gasteiger charge is -2.28. The molecule has 0 fully saturated rings. The number of alkyl halides is 3. The smallest absolute Gasteiger partial charge is 0.465 e. The van der Waals surface area contributed by atoms with Gasteiger partial charge in [0.05, 0.1) is 17.7 Å². The molecule has 0 unspecified atom stereocenters. The summed E-state index contributed by atoms with van der Waals surface area (Å²) in [6, 6.07) is 2.95. The Kier molecular flexibility index (Phi) is 4.56. The van der Waals surface area contributed by atoms with Crippen molar-refractivity contribution < 1.29 is 36.0 Å². The Morgan fingerprint density at radius 1 is 1.37 bits per heavy atom. The van der Waals surface area contributed by atoms with Crippen LogP contribution in [0.5, 0.6) is 5.75 Å². The molecular weight excluding hydrogens is 313 g/mol. The lowest BCUT2D eigenvalue weighted by molar-refractivity contribution is -0.0612. The summed E-state index contributed by atoms with van der Waals surface area (Å²) in [5, 5.41) is -0.396. The SMILES string of the molecule is COC(=O)c1ccc(OS(O)(O)C(F)(F)F)c(Cl)c1. The highest BCUT2D eigenvalue weighted by atomic mass is 35.5. The number of hydrogen-bond acceptors (Lipinski definition) is 5. The highest BCUT2D eigenvalue weighted by Crippen LogP contribution is 2.56. The van der Waals surface area contributed by atoms with Crippen molar-refractivity contribution in [2.45, 2.75) is 5.51 Å². The van der Waals surface area contributed by atoms with Gasteiger partial charge >= 0.3 is 11.5 Å². The van der Waals surface area contributed by atoms with Gasteiger partial charge in [-0.25, -0.2) is 4.79 Å². The van der Waals surface area contributed by atoms with Crippen molar-refractivity contribution >= 4 is 28.4 Å². The summed E-state index contributed by atoms with van der Waals surface area (Å²) in [4.78, 5) is 11.1. The second kappa shape index (κ2) is 5.45. The molecule has 10 heteroatoms. The van der Waals surface area contributed by atoms with E-state index < -0.39 is 33.1 Å². The Morgan fingerprint density at radius 3 is 2.37 bits per heavy atom. The van der Waals surface area contributed by atoms with E-state index in [2.05, 4.69) is 8.92 Å². The third-order valence-corrected chi connectivity index (χ3v) is 3.17. The van der Waals surface area contributed by atoms with Crippen LogP contribution >= 0.6 is 22.5 Å². The molecule has 19 heavy (non-hydrogen) atoms. The highest BCUT2D eigenvalue weighted by Gasteiger charge is 2.52. The number of carbonyl (C=O) groups is 1. The lowest BCUT2D eigenvalue weighted by Crippen LogP contribution is -2.24. The van der Waals surface area contributed by atoms with E-state index in [1.54, 1.807) is 0 Å². The third-order valence-electron chi connectivity index (χ3n) is 1.86. The molecule has 2 N–H and O–H groups in total. The van der Waals surface area contributed by atoms with Crippen molar-refractivity contribution in [3.05, 3.63) is 28.8 Å². The molecule has 0 saturated carbocycles. The van der Waals surface area contributed by atoms with Crippen LogP contribution in [0.1, 0.15) is 10.4 Å². The molecule has 0 bridgehead atoms. The van der Waals surface area contributed by atoms with Gasteiger partial charge in [-0.2, -0.15) is 13.2 Å².